The number of nitrogens with zero attached hydrogens (tertiary/aromatic N) is 2. The van der Waals surface area contributed by atoms with Gasteiger partial charge in [0.05, 0.1) is 10.7 Å². The van der Waals surface area contributed by atoms with E-state index in [-0.39, 0.29) is 5.91 Å². The number of aromatic nitrogens is 1. The molecule has 94 valence electrons. The monoisotopic (exact) mass is 252 g/mol. The Kier molecular flexibility index (Phi) is 4.15. The highest BCUT2D eigenvalue weighted by Crippen LogP contribution is 2.29. The highest BCUT2D eigenvalue weighted by molar-refractivity contribution is 7.09. The summed E-state index contributed by atoms with van der Waals surface area (Å²) < 4.78 is 0. The van der Waals surface area contributed by atoms with E-state index in [1.165, 1.54) is 17.1 Å². The minimum absolute atomic E-state index is 0.280. The first kappa shape index (κ1) is 12.6. The van der Waals surface area contributed by atoms with Gasteiger partial charge in [-0.15, -0.1) is 11.3 Å². The molecule has 2 heterocycles. The van der Waals surface area contributed by atoms with Gasteiger partial charge in [0.2, 0.25) is 5.91 Å². The lowest BCUT2D eigenvalue weighted by Crippen LogP contribution is -2.38. The van der Waals surface area contributed by atoms with Crippen LogP contribution in [0.5, 0.6) is 0 Å². The van der Waals surface area contributed by atoms with Gasteiger partial charge in [-0.1, -0.05) is 13.8 Å². The second-order valence-corrected chi connectivity index (χ2v) is 5.45. The summed E-state index contributed by atoms with van der Waals surface area (Å²) >= 11 is 1.75. The quantitative estimate of drug-likeness (QED) is 0.828. The fourth-order valence-corrected chi connectivity index (χ4v) is 3.33. The number of aryl methyl sites for hydroxylation is 1. The standard InChI is InChI=1S/C13H20N2OS/c1-3-11-9-17-13(14-11)10-6-5-7-15(8-10)12(16)4-2/h9-10H,3-8H2,1-2H3/t10-/m1/s1. The van der Waals surface area contributed by atoms with E-state index < -0.39 is 0 Å². The first-order valence-corrected chi connectivity index (χ1v) is 7.34. The van der Waals surface area contributed by atoms with Crippen molar-refractivity contribution in [2.45, 2.75) is 45.4 Å². The molecule has 0 saturated carbocycles. The predicted octanol–water partition coefficient (Wildman–Crippen LogP) is 2.82. The van der Waals surface area contributed by atoms with Gasteiger partial charge in [-0.05, 0) is 19.3 Å². The summed E-state index contributed by atoms with van der Waals surface area (Å²) in [6.07, 6.45) is 3.90. The smallest absolute Gasteiger partial charge is 0.222 e. The third-order valence-electron chi connectivity index (χ3n) is 3.36. The molecule has 0 radical (unpaired) electrons. The summed E-state index contributed by atoms with van der Waals surface area (Å²) in [5.41, 5.74) is 1.18. The van der Waals surface area contributed by atoms with Gasteiger partial charge in [0.1, 0.15) is 0 Å². The van der Waals surface area contributed by atoms with Crippen molar-refractivity contribution in [2.75, 3.05) is 13.1 Å². The lowest BCUT2D eigenvalue weighted by atomic mass is 9.98. The molecule has 1 aromatic rings. The van der Waals surface area contributed by atoms with E-state index in [1.807, 2.05) is 11.8 Å². The van der Waals surface area contributed by atoms with Crippen LogP contribution < -0.4 is 0 Å². The number of amides is 1. The zero-order valence-corrected chi connectivity index (χ0v) is 11.4. The van der Waals surface area contributed by atoms with Gasteiger partial charge in [-0.2, -0.15) is 0 Å². The fourth-order valence-electron chi connectivity index (χ4n) is 2.30. The van der Waals surface area contributed by atoms with Crippen LogP contribution in [0.3, 0.4) is 0 Å². The molecule has 4 heteroatoms. The Morgan fingerprint density at radius 1 is 1.59 bits per heavy atom. The average molecular weight is 252 g/mol. The molecule has 1 amide bonds. The fraction of sp³-hybridized carbons (Fsp3) is 0.692. The molecule has 0 aromatic carbocycles. The van der Waals surface area contributed by atoms with E-state index in [4.69, 9.17) is 0 Å². The van der Waals surface area contributed by atoms with E-state index >= 15 is 0 Å². The maximum absolute atomic E-state index is 11.7. The van der Waals surface area contributed by atoms with Crippen LogP contribution in [0.25, 0.3) is 0 Å². The zero-order valence-electron chi connectivity index (χ0n) is 10.6. The largest absolute Gasteiger partial charge is 0.342 e. The number of hydrogen-bond acceptors (Lipinski definition) is 3. The van der Waals surface area contributed by atoms with Gasteiger partial charge in [0.15, 0.2) is 0 Å². The number of likely N-dealkylation sites (tertiary alicyclic amines) is 1. The number of piperidine rings is 1. The lowest BCUT2D eigenvalue weighted by molar-refractivity contribution is -0.132. The summed E-state index contributed by atoms with van der Waals surface area (Å²) in [5.74, 6) is 0.742. The van der Waals surface area contributed by atoms with Crippen molar-refractivity contribution in [2.24, 2.45) is 0 Å². The van der Waals surface area contributed by atoms with Crippen molar-refractivity contribution in [3.05, 3.63) is 16.1 Å². The van der Waals surface area contributed by atoms with Gasteiger partial charge in [0, 0.05) is 30.8 Å². The summed E-state index contributed by atoms with van der Waals surface area (Å²) in [5, 5.41) is 3.37. The van der Waals surface area contributed by atoms with Crippen LogP contribution in [0.1, 0.15) is 49.7 Å². The van der Waals surface area contributed by atoms with Crippen LogP contribution >= 0.6 is 11.3 Å². The van der Waals surface area contributed by atoms with Crippen molar-refractivity contribution in [1.82, 2.24) is 9.88 Å². The normalized spacial score (nSPS) is 20.6. The number of hydrogen-bond donors (Lipinski definition) is 0. The summed E-state index contributed by atoms with van der Waals surface area (Å²) in [6, 6.07) is 0. The molecule has 2 rings (SSSR count). The highest BCUT2D eigenvalue weighted by atomic mass is 32.1. The second-order valence-electron chi connectivity index (χ2n) is 4.56. The van der Waals surface area contributed by atoms with E-state index in [0.717, 1.165) is 25.9 Å². The Morgan fingerprint density at radius 3 is 3.06 bits per heavy atom. The lowest BCUT2D eigenvalue weighted by Gasteiger charge is -2.31. The third kappa shape index (κ3) is 2.86. The van der Waals surface area contributed by atoms with Crippen LogP contribution in [0.15, 0.2) is 5.38 Å². The van der Waals surface area contributed by atoms with Crippen molar-refractivity contribution in [1.29, 1.82) is 0 Å². The van der Waals surface area contributed by atoms with Gasteiger partial charge >= 0.3 is 0 Å². The molecule has 0 N–H and O–H groups in total. The van der Waals surface area contributed by atoms with E-state index in [0.29, 0.717) is 12.3 Å². The van der Waals surface area contributed by atoms with Crippen molar-refractivity contribution >= 4 is 17.2 Å². The minimum Gasteiger partial charge on any atom is -0.342 e. The van der Waals surface area contributed by atoms with E-state index in [1.54, 1.807) is 11.3 Å². The van der Waals surface area contributed by atoms with Crippen LogP contribution in [0, 0.1) is 0 Å². The van der Waals surface area contributed by atoms with Crippen molar-refractivity contribution in [3.8, 4) is 0 Å². The van der Waals surface area contributed by atoms with Gasteiger partial charge in [-0.3, -0.25) is 4.79 Å². The van der Waals surface area contributed by atoms with Crippen molar-refractivity contribution in [3.63, 3.8) is 0 Å². The molecular formula is C13H20N2OS. The molecule has 17 heavy (non-hydrogen) atoms. The first-order valence-electron chi connectivity index (χ1n) is 6.46. The molecule has 1 aliphatic heterocycles. The van der Waals surface area contributed by atoms with Gasteiger partial charge < -0.3 is 4.90 Å². The van der Waals surface area contributed by atoms with Crippen molar-refractivity contribution < 1.29 is 4.79 Å². The van der Waals surface area contributed by atoms with Crippen LogP contribution in [0.4, 0.5) is 0 Å². The van der Waals surface area contributed by atoms with E-state index in [2.05, 4.69) is 17.3 Å². The van der Waals surface area contributed by atoms with Crippen LogP contribution in [0.2, 0.25) is 0 Å². The molecule has 1 aliphatic rings. The SMILES string of the molecule is CCC(=O)N1CCC[C@@H](c2nc(CC)cs2)C1. The Hall–Kier alpha value is -0.900. The molecule has 0 unspecified atom stereocenters. The molecule has 1 atom stereocenters. The molecule has 0 bridgehead atoms. The number of thiazole rings is 1. The van der Waals surface area contributed by atoms with Crippen LogP contribution in [-0.2, 0) is 11.2 Å². The number of rotatable bonds is 3. The molecule has 1 aromatic heterocycles. The predicted molar refractivity (Wildman–Crippen MR) is 70.3 cm³/mol. The molecular weight excluding hydrogens is 232 g/mol. The molecule has 3 nitrogen and oxygen atoms in total. The summed E-state index contributed by atoms with van der Waals surface area (Å²) in [6.45, 7) is 5.86. The average Bonchev–Trinajstić information content (AvgIpc) is 2.86. The third-order valence-corrected chi connectivity index (χ3v) is 4.41. The minimum atomic E-state index is 0.280. The number of carbonyl (C=O) groups is 1. The molecule has 0 aliphatic carbocycles. The summed E-state index contributed by atoms with van der Waals surface area (Å²) in [4.78, 5) is 18.4. The Morgan fingerprint density at radius 2 is 2.41 bits per heavy atom. The Labute approximate surface area is 107 Å². The molecule has 1 saturated heterocycles. The highest BCUT2D eigenvalue weighted by Gasteiger charge is 2.25. The first-order chi connectivity index (χ1) is 8.24. The maximum atomic E-state index is 11.7. The molecule has 0 spiro atoms. The Balaban J connectivity index is 2.04. The maximum Gasteiger partial charge on any atom is 0.222 e. The number of carbonyl (C=O) groups excluding carboxylic acids is 1. The topological polar surface area (TPSA) is 33.2 Å². The van der Waals surface area contributed by atoms with Crippen LogP contribution in [-0.4, -0.2) is 28.9 Å². The van der Waals surface area contributed by atoms with Gasteiger partial charge in [0.25, 0.3) is 0 Å². The molecule has 1 fully saturated rings. The Bertz CT molecular complexity index is 389. The van der Waals surface area contributed by atoms with Gasteiger partial charge in [-0.25, -0.2) is 4.98 Å². The second kappa shape index (κ2) is 5.63. The summed E-state index contributed by atoms with van der Waals surface area (Å²) in [7, 11) is 0. The zero-order chi connectivity index (χ0) is 12.3. The van der Waals surface area contributed by atoms with E-state index in [9.17, 15) is 4.79 Å².